The van der Waals surface area contributed by atoms with E-state index in [9.17, 15) is 14.7 Å². The predicted molar refractivity (Wildman–Crippen MR) is 70.4 cm³/mol. The molecule has 5 nitrogen and oxygen atoms in total. The molecule has 2 heterocycles. The maximum absolute atomic E-state index is 12.3. The largest absolute Gasteiger partial charge is 0.480 e. The van der Waals surface area contributed by atoms with E-state index in [0.717, 1.165) is 25.8 Å². The predicted octanol–water partition coefficient (Wildman–Crippen LogP) is 0.893. The van der Waals surface area contributed by atoms with Gasteiger partial charge in [0.15, 0.2) is 0 Å². The molecule has 2 N–H and O–H groups in total. The molecule has 3 atom stereocenters. The van der Waals surface area contributed by atoms with Crippen molar-refractivity contribution in [1.29, 1.82) is 0 Å². The highest BCUT2D eigenvalue weighted by Crippen LogP contribution is 2.32. The van der Waals surface area contributed by atoms with Crippen LogP contribution in [0.4, 0.5) is 0 Å². The fourth-order valence-corrected chi connectivity index (χ4v) is 4.02. The summed E-state index contributed by atoms with van der Waals surface area (Å²) in [6.45, 7) is 2.96. The Morgan fingerprint density at radius 1 is 1.50 bits per heavy atom. The number of thioether (sulfide) groups is 1. The number of carbonyl (C=O) groups is 2. The normalized spacial score (nSPS) is 31.8. The average molecular weight is 272 g/mol. The lowest BCUT2D eigenvalue weighted by Gasteiger charge is -2.27. The number of carboxylic acids is 1. The van der Waals surface area contributed by atoms with E-state index >= 15 is 0 Å². The van der Waals surface area contributed by atoms with Crippen molar-refractivity contribution >= 4 is 23.6 Å². The van der Waals surface area contributed by atoms with E-state index in [2.05, 4.69) is 5.32 Å². The molecule has 2 rings (SSSR count). The molecule has 0 spiro atoms. The molecule has 0 aromatic rings. The first-order valence-electron chi connectivity index (χ1n) is 6.52. The second kappa shape index (κ2) is 5.93. The van der Waals surface area contributed by atoms with Crippen molar-refractivity contribution in [1.82, 2.24) is 10.2 Å². The van der Waals surface area contributed by atoms with Gasteiger partial charge in [0.1, 0.15) is 6.04 Å². The SMILES string of the molecule is CCC1SCC(C(=O)O)N1C(=O)CC1CCCN1. The molecule has 0 saturated carbocycles. The van der Waals surface area contributed by atoms with Gasteiger partial charge >= 0.3 is 5.97 Å². The molecule has 0 bridgehead atoms. The van der Waals surface area contributed by atoms with Crippen LogP contribution in [0.15, 0.2) is 0 Å². The van der Waals surface area contributed by atoms with Crippen LogP contribution >= 0.6 is 11.8 Å². The Bertz CT molecular complexity index is 331. The number of rotatable bonds is 4. The molecule has 2 aliphatic heterocycles. The quantitative estimate of drug-likeness (QED) is 0.795. The first-order chi connectivity index (χ1) is 8.63. The van der Waals surface area contributed by atoms with E-state index in [1.165, 1.54) is 0 Å². The van der Waals surface area contributed by atoms with Crippen molar-refractivity contribution in [2.24, 2.45) is 0 Å². The third-order valence-corrected chi connectivity index (χ3v) is 5.05. The molecule has 18 heavy (non-hydrogen) atoms. The van der Waals surface area contributed by atoms with Gasteiger partial charge in [0, 0.05) is 18.2 Å². The summed E-state index contributed by atoms with van der Waals surface area (Å²) in [5.74, 6) is -0.387. The Kier molecular flexibility index (Phi) is 4.50. The molecule has 3 unspecified atom stereocenters. The van der Waals surface area contributed by atoms with Crippen molar-refractivity contribution in [3.63, 3.8) is 0 Å². The molecule has 0 aliphatic carbocycles. The molecule has 0 radical (unpaired) electrons. The summed E-state index contributed by atoms with van der Waals surface area (Å²) in [4.78, 5) is 25.1. The topological polar surface area (TPSA) is 69.6 Å². The molecule has 0 aromatic carbocycles. The van der Waals surface area contributed by atoms with E-state index in [0.29, 0.717) is 12.2 Å². The van der Waals surface area contributed by atoms with Gasteiger partial charge in [0.2, 0.25) is 5.91 Å². The highest BCUT2D eigenvalue weighted by Gasteiger charge is 2.41. The zero-order chi connectivity index (χ0) is 13.1. The minimum absolute atomic E-state index is 0.0151. The van der Waals surface area contributed by atoms with E-state index in [-0.39, 0.29) is 17.3 Å². The standard InChI is InChI=1S/C12H20N2O3S/c1-2-11-14(9(7-18-11)12(16)17)10(15)6-8-4-3-5-13-8/h8-9,11,13H,2-7H2,1H3,(H,16,17). The summed E-state index contributed by atoms with van der Waals surface area (Å²) in [6.07, 6.45) is 3.35. The van der Waals surface area contributed by atoms with Crippen LogP contribution in [0.2, 0.25) is 0 Å². The number of hydrogen-bond acceptors (Lipinski definition) is 4. The van der Waals surface area contributed by atoms with Crippen LogP contribution in [0.1, 0.15) is 32.6 Å². The second-order valence-corrected chi connectivity index (χ2v) is 6.06. The van der Waals surface area contributed by atoms with Gasteiger partial charge in [-0.25, -0.2) is 4.79 Å². The summed E-state index contributed by atoms with van der Waals surface area (Å²) in [6, 6.07) is -0.413. The number of hydrogen-bond donors (Lipinski definition) is 2. The molecule has 6 heteroatoms. The number of carboxylic acid groups (broad SMARTS) is 1. The van der Waals surface area contributed by atoms with E-state index in [1.807, 2.05) is 6.92 Å². The summed E-state index contributed by atoms with van der Waals surface area (Å²) in [5.41, 5.74) is 0. The smallest absolute Gasteiger partial charge is 0.327 e. The molecular formula is C12H20N2O3S. The molecule has 1 amide bonds. The summed E-state index contributed by atoms with van der Waals surface area (Å²) in [7, 11) is 0. The van der Waals surface area contributed by atoms with Gasteiger partial charge in [-0.1, -0.05) is 6.92 Å². The first-order valence-corrected chi connectivity index (χ1v) is 7.57. The highest BCUT2D eigenvalue weighted by molar-refractivity contribution is 8.00. The van der Waals surface area contributed by atoms with Crippen LogP contribution in [-0.2, 0) is 9.59 Å². The summed E-state index contributed by atoms with van der Waals surface area (Å²) in [5, 5.41) is 12.5. The van der Waals surface area contributed by atoms with E-state index < -0.39 is 12.0 Å². The van der Waals surface area contributed by atoms with Gasteiger partial charge in [-0.05, 0) is 25.8 Å². The van der Waals surface area contributed by atoms with Gasteiger partial charge in [-0.3, -0.25) is 4.79 Å². The van der Waals surface area contributed by atoms with Crippen LogP contribution in [0.3, 0.4) is 0 Å². The molecule has 2 saturated heterocycles. The Morgan fingerprint density at radius 2 is 2.28 bits per heavy atom. The van der Waals surface area contributed by atoms with Crippen LogP contribution < -0.4 is 5.32 Å². The first kappa shape index (κ1) is 13.7. The fourth-order valence-electron chi connectivity index (χ4n) is 2.65. The Hall–Kier alpha value is -0.750. The van der Waals surface area contributed by atoms with Gasteiger partial charge < -0.3 is 15.3 Å². The Labute approximate surface area is 111 Å². The molecule has 2 fully saturated rings. The Morgan fingerprint density at radius 3 is 2.83 bits per heavy atom. The zero-order valence-corrected chi connectivity index (χ0v) is 11.4. The second-order valence-electron chi connectivity index (χ2n) is 4.85. The third-order valence-electron chi connectivity index (χ3n) is 3.60. The molecular weight excluding hydrogens is 252 g/mol. The Balaban J connectivity index is 2.01. The maximum atomic E-state index is 12.3. The highest BCUT2D eigenvalue weighted by atomic mass is 32.2. The van der Waals surface area contributed by atoms with E-state index in [1.54, 1.807) is 16.7 Å². The van der Waals surface area contributed by atoms with Crippen molar-refractivity contribution in [3.8, 4) is 0 Å². The summed E-state index contributed by atoms with van der Waals surface area (Å²) < 4.78 is 0. The van der Waals surface area contributed by atoms with Crippen molar-refractivity contribution in [3.05, 3.63) is 0 Å². The zero-order valence-electron chi connectivity index (χ0n) is 10.6. The number of nitrogens with one attached hydrogen (secondary N) is 1. The third kappa shape index (κ3) is 2.80. The monoisotopic (exact) mass is 272 g/mol. The molecule has 0 aromatic heterocycles. The minimum Gasteiger partial charge on any atom is -0.480 e. The number of carbonyl (C=O) groups excluding carboxylic acids is 1. The number of amides is 1. The minimum atomic E-state index is -0.883. The lowest BCUT2D eigenvalue weighted by Crippen LogP contribution is -2.47. The van der Waals surface area contributed by atoms with Crippen molar-refractivity contribution < 1.29 is 14.7 Å². The van der Waals surface area contributed by atoms with Gasteiger partial charge in [-0.15, -0.1) is 11.8 Å². The lowest BCUT2D eigenvalue weighted by atomic mass is 10.1. The van der Waals surface area contributed by atoms with Crippen LogP contribution in [0.5, 0.6) is 0 Å². The number of aliphatic carboxylic acids is 1. The molecule has 2 aliphatic rings. The summed E-state index contributed by atoms with van der Waals surface area (Å²) >= 11 is 1.58. The van der Waals surface area contributed by atoms with E-state index in [4.69, 9.17) is 0 Å². The van der Waals surface area contributed by atoms with Crippen molar-refractivity contribution in [2.75, 3.05) is 12.3 Å². The van der Waals surface area contributed by atoms with Gasteiger partial charge in [-0.2, -0.15) is 0 Å². The van der Waals surface area contributed by atoms with Crippen molar-refractivity contribution in [2.45, 2.75) is 50.1 Å². The maximum Gasteiger partial charge on any atom is 0.327 e. The number of nitrogens with zero attached hydrogens (tertiary/aromatic N) is 1. The van der Waals surface area contributed by atoms with Crippen LogP contribution in [-0.4, -0.2) is 51.6 Å². The lowest BCUT2D eigenvalue weighted by molar-refractivity contribution is -0.149. The molecule has 102 valence electrons. The van der Waals surface area contributed by atoms with Crippen LogP contribution in [0, 0.1) is 0 Å². The van der Waals surface area contributed by atoms with Gasteiger partial charge in [0.05, 0.1) is 5.37 Å². The average Bonchev–Trinajstić information content (AvgIpc) is 2.95. The fraction of sp³-hybridized carbons (Fsp3) is 0.833. The van der Waals surface area contributed by atoms with Gasteiger partial charge in [0.25, 0.3) is 0 Å². The van der Waals surface area contributed by atoms with Crippen LogP contribution in [0.25, 0.3) is 0 Å².